The van der Waals surface area contributed by atoms with E-state index in [1.165, 1.54) is 18.3 Å². The third-order valence-corrected chi connectivity index (χ3v) is 6.08. The van der Waals surface area contributed by atoms with Crippen molar-refractivity contribution in [1.82, 2.24) is 5.01 Å². The smallest absolute Gasteiger partial charge is 0.335 e. The molecule has 2 heterocycles. The molecule has 7 heteroatoms. The number of hydrogen-bond donors (Lipinski definition) is 1. The first-order chi connectivity index (χ1) is 14.0. The molecule has 146 valence electrons. The molecule has 1 aromatic carbocycles. The van der Waals surface area contributed by atoms with Crippen molar-refractivity contribution in [2.45, 2.75) is 12.8 Å². The third-order valence-electron chi connectivity index (χ3n) is 6.08. The van der Waals surface area contributed by atoms with Gasteiger partial charge in [0.25, 0.3) is 11.8 Å². The maximum atomic E-state index is 12.8. The Kier molecular flexibility index (Phi) is 3.97. The zero-order valence-corrected chi connectivity index (χ0v) is 15.4. The van der Waals surface area contributed by atoms with Crippen molar-refractivity contribution >= 4 is 24.0 Å². The van der Waals surface area contributed by atoms with E-state index in [9.17, 15) is 14.4 Å². The van der Waals surface area contributed by atoms with E-state index in [4.69, 9.17) is 9.52 Å². The largest absolute Gasteiger partial charge is 0.478 e. The number of imide groups is 1. The van der Waals surface area contributed by atoms with E-state index in [0.29, 0.717) is 11.5 Å². The lowest BCUT2D eigenvalue weighted by Gasteiger charge is -2.37. The molecule has 29 heavy (non-hydrogen) atoms. The predicted molar refractivity (Wildman–Crippen MR) is 103 cm³/mol. The van der Waals surface area contributed by atoms with Crippen LogP contribution in [0.5, 0.6) is 0 Å². The van der Waals surface area contributed by atoms with E-state index in [0.717, 1.165) is 23.4 Å². The quantitative estimate of drug-likeness (QED) is 0.491. The number of allylic oxidation sites excluding steroid dienone is 2. The van der Waals surface area contributed by atoms with Gasteiger partial charge in [-0.05, 0) is 48.9 Å². The molecule has 6 rings (SSSR count). The number of fused-ring (bicyclic) bond motifs is 1. The Morgan fingerprint density at radius 3 is 2.17 bits per heavy atom. The minimum absolute atomic E-state index is 0.130. The summed E-state index contributed by atoms with van der Waals surface area (Å²) in [6.07, 6.45) is 7.41. The zero-order valence-electron chi connectivity index (χ0n) is 15.4. The lowest BCUT2D eigenvalue weighted by molar-refractivity contribution is -0.140. The molecule has 1 N–H and O–H groups in total. The molecule has 2 fully saturated rings. The van der Waals surface area contributed by atoms with Gasteiger partial charge in [0, 0.05) is 5.56 Å². The van der Waals surface area contributed by atoms with Crippen molar-refractivity contribution in [2.75, 3.05) is 0 Å². The summed E-state index contributed by atoms with van der Waals surface area (Å²) in [4.78, 5) is 36.5. The van der Waals surface area contributed by atoms with Gasteiger partial charge in [0.1, 0.15) is 11.5 Å². The Bertz CT molecular complexity index is 1030. The van der Waals surface area contributed by atoms with Crippen molar-refractivity contribution in [3.63, 3.8) is 0 Å². The average Bonchev–Trinajstić information content (AvgIpc) is 3.32. The van der Waals surface area contributed by atoms with Crippen LogP contribution in [-0.2, 0) is 9.59 Å². The molecule has 4 aliphatic rings. The number of carboxylic acid groups (broad SMARTS) is 1. The molecule has 2 aromatic rings. The average molecular weight is 390 g/mol. The van der Waals surface area contributed by atoms with E-state index in [1.54, 1.807) is 24.3 Å². The second kappa shape index (κ2) is 6.55. The molecule has 1 saturated carbocycles. The molecule has 1 saturated heterocycles. The van der Waals surface area contributed by atoms with Crippen LogP contribution in [0, 0.1) is 23.7 Å². The van der Waals surface area contributed by atoms with E-state index in [-0.39, 0.29) is 41.0 Å². The molecule has 1 aromatic heterocycles. The Hall–Kier alpha value is -3.48. The number of hydrogen-bond acceptors (Lipinski definition) is 5. The molecule has 4 atom stereocenters. The monoisotopic (exact) mass is 390 g/mol. The maximum Gasteiger partial charge on any atom is 0.335 e. The summed E-state index contributed by atoms with van der Waals surface area (Å²) in [5.41, 5.74) is 0.912. The fraction of sp³-hybridized carbons (Fsp3) is 0.273. The van der Waals surface area contributed by atoms with Gasteiger partial charge in [0.2, 0.25) is 0 Å². The highest BCUT2D eigenvalue weighted by atomic mass is 16.4. The van der Waals surface area contributed by atoms with Gasteiger partial charge in [-0.1, -0.05) is 24.3 Å². The summed E-state index contributed by atoms with van der Waals surface area (Å²) >= 11 is 0. The van der Waals surface area contributed by atoms with Crippen LogP contribution < -0.4 is 0 Å². The van der Waals surface area contributed by atoms with Crippen LogP contribution in [0.2, 0.25) is 0 Å². The second-order valence-electron chi connectivity index (χ2n) is 7.66. The summed E-state index contributed by atoms with van der Waals surface area (Å²) in [5.74, 6) is -0.828. The fourth-order valence-electron chi connectivity index (χ4n) is 4.64. The first-order valence-electron chi connectivity index (χ1n) is 9.56. The molecule has 1 aliphatic heterocycles. The molecular weight excluding hydrogens is 372 g/mol. The van der Waals surface area contributed by atoms with Crippen molar-refractivity contribution in [3.8, 4) is 11.3 Å². The summed E-state index contributed by atoms with van der Waals surface area (Å²) < 4.78 is 5.72. The molecule has 7 nitrogen and oxygen atoms in total. The van der Waals surface area contributed by atoms with Crippen LogP contribution in [0.4, 0.5) is 0 Å². The lowest BCUT2D eigenvalue weighted by atomic mass is 9.63. The number of hydrazone groups is 1. The van der Waals surface area contributed by atoms with Crippen LogP contribution in [0.25, 0.3) is 11.3 Å². The van der Waals surface area contributed by atoms with Gasteiger partial charge in [-0.2, -0.15) is 10.1 Å². The van der Waals surface area contributed by atoms with Crippen LogP contribution in [0.3, 0.4) is 0 Å². The number of benzene rings is 1. The van der Waals surface area contributed by atoms with E-state index in [2.05, 4.69) is 17.3 Å². The van der Waals surface area contributed by atoms with Gasteiger partial charge in [0.15, 0.2) is 0 Å². The van der Waals surface area contributed by atoms with Crippen molar-refractivity contribution < 1.29 is 23.9 Å². The minimum Gasteiger partial charge on any atom is -0.478 e. The Labute approximate surface area is 166 Å². The SMILES string of the molecule is O=C(O)c1ccc(-c2ccc(/C=N\N3C(=O)[C@@H]4[C@@H](C3=O)[C@H]3C=C[C@@H]4CC3)o2)cc1. The minimum atomic E-state index is -0.993. The van der Waals surface area contributed by atoms with Gasteiger partial charge in [0.05, 0.1) is 23.6 Å². The summed E-state index contributed by atoms with van der Waals surface area (Å²) in [7, 11) is 0. The lowest BCUT2D eigenvalue weighted by Crippen LogP contribution is -2.38. The molecule has 0 radical (unpaired) electrons. The molecule has 0 unspecified atom stereocenters. The first-order valence-corrected chi connectivity index (χ1v) is 9.56. The number of rotatable bonds is 4. The molecule has 3 aliphatic carbocycles. The summed E-state index contributed by atoms with van der Waals surface area (Å²) in [5, 5.41) is 14.1. The van der Waals surface area contributed by atoms with E-state index >= 15 is 0 Å². The van der Waals surface area contributed by atoms with Crippen LogP contribution in [0.1, 0.15) is 29.0 Å². The number of nitrogens with zero attached hydrogens (tertiary/aromatic N) is 2. The van der Waals surface area contributed by atoms with Crippen LogP contribution >= 0.6 is 0 Å². The van der Waals surface area contributed by atoms with Crippen molar-refractivity contribution in [1.29, 1.82) is 0 Å². The highest BCUT2D eigenvalue weighted by Gasteiger charge is 2.56. The number of aromatic carboxylic acids is 1. The van der Waals surface area contributed by atoms with Gasteiger partial charge < -0.3 is 9.52 Å². The third kappa shape index (κ3) is 2.81. The molecule has 2 amide bonds. The fourth-order valence-corrected chi connectivity index (χ4v) is 4.64. The van der Waals surface area contributed by atoms with Gasteiger partial charge in [-0.3, -0.25) is 9.59 Å². The van der Waals surface area contributed by atoms with Gasteiger partial charge >= 0.3 is 5.97 Å². The highest BCUT2D eigenvalue weighted by Crippen LogP contribution is 2.49. The number of furan rings is 1. The second-order valence-corrected chi connectivity index (χ2v) is 7.66. The van der Waals surface area contributed by atoms with Crippen LogP contribution in [0.15, 0.2) is 58.1 Å². The predicted octanol–water partition coefficient (Wildman–Crippen LogP) is 3.18. The summed E-state index contributed by atoms with van der Waals surface area (Å²) in [6.45, 7) is 0. The Morgan fingerprint density at radius 2 is 1.62 bits per heavy atom. The number of carbonyl (C=O) groups is 3. The van der Waals surface area contributed by atoms with Crippen molar-refractivity contribution in [2.24, 2.45) is 28.8 Å². The molecule has 0 spiro atoms. The number of carbonyl (C=O) groups excluding carboxylic acids is 2. The highest BCUT2D eigenvalue weighted by molar-refractivity contribution is 6.06. The van der Waals surface area contributed by atoms with E-state index in [1.807, 2.05) is 0 Å². The van der Waals surface area contributed by atoms with Crippen molar-refractivity contribution in [3.05, 3.63) is 59.9 Å². The van der Waals surface area contributed by atoms with Crippen LogP contribution in [-0.4, -0.2) is 34.1 Å². The maximum absolute atomic E-state index is 12.8. The zero-order chi connectivity index (χ0) is 20.1. The van der Waals surface area contributed by atoms with Gasteiger partial charge in [-0.25, -0.2) is 4.79 Å². The molecule has 2 bridgehead atoms. The number of carboxylic acids is 1. The Balaban J connectivity index is 1.34. The number of amides is 2. The standard InChI is InChI=1S/C22H18N2O5/c25-20-18-13-3-4-14(6-5-13)19(18)21(26)24(20)23-11-16-9-10-17(29-16)12-1-7-15(8-2-12)22(27)28/h1-4,7-11,13-14,18-19H,5-6H2,(H,27,28)/b23-11-/t13-,14+,18-,19-/m0/s1. The molecular formula is C22H18N2O5. The normalized spacial score (nSPS) is 27.8. The Morgan fingerprint density at radius 1 is 1.00 bits per heavy atom. The summed E-state index contributed by atoms with van der Waals surface area (Å²) in [6, 6.07) is 9.73. The first kappa shape index (κ1) is 17.6. The topological polar surface area (TPSA) is 100 Å². The van der Waals surface area contributed by atoms with Gasteiger partial charge in [-0.15, -0.1) is 0 Å². The van der Waals surface area contributed by atoms with E-state index < -0.39 is 5.97 Å².